The lowest BCUT2D eigenvalue weighted by molar-refractivity contribution is -0.167. The summed E-state index contributed by atoms with van der Waals surface area (Å²) < 4.78 is 16.7. The van der Waals surface area contributed by atoms with Crippen LogP contribution in [0.3, 0.4) is 0 Å². The summed E-state index contributed by atoms with van der Waals surface area (Å²) >= 11 is 0. The highest BCUT2D eigenvalue weighted by atomic mass is 16.6. The van der Waals surface area contributed by atoms with Crippen LogP contribution in [-0.2, 0) is 28.6 Å². The maximum Gasteiger partial charge on any atom is 0.306 e. The van der Waals surface area contributed by atoms with Crippen molar-refractivity contribution >= 4 is 17.9 Å². The smallest absolute Gasteiger partial charge is 0.306 e. The molecule has 0 spiro atoms. The fourth-order valence-electron chi connectivity index (χ4n) is 6.72. The van der Waals surface area contributed by atoms with E-state index in [0.29, 0.717) is 19.3 Å². The van der Waals surface area contributed by atoms with Crippen molar-refractivity contribution in [1.82, 2.24) is 0 Å². The summed E-state index contributed by atoms with van der Waals surface area (Å²) in [7, 11) is 0. The summed E-state index contributed by atoms with van der Waals surface area (Å²) in [6.07, 6.45) is 51.2. The van der Waals surface area contributed by atoms with Crippen molar-refractivity contribution in [2.75, 3.05) is 13.2 Å². The Morgan fingerprint density at radius 1 is 0.357 bits per heavy atom. The van der Waals surface area contributed by atoms with E-state index in [9.17, 15) is 14.4 Å². The average Bonchev–Trinajstić information content (AvgIpc) is 3.19. The van der Waals surface area contributed by atoms with Gasteiger partial charge in [-0.2, -0.15) is 0 Å². The second-order valence-corrected chi connectivity index (χ2v) is 16.0. The quantitative estimate of drug-likeness (QED) is 0.0201. The zero-order chi connectivity index (χ0) is 40.8. The van der Waals surface area contributed by atoms with E-state index in [4.69, 9.17) is 14.2 Å². The maximum absolute atomic E-state index is 12.7. The van der Waals surface area contributed by atoms with Gasteiger partial charge < -0.3 is 14.2 Å². The van der Waals surface area contributed by atoms with E-state index in [0.717, 1.165) is 77.0 Å². The van der Waals surface area contributed by atoms with Crippen LogP contribution in [-0.4, -0.2) is 37.2 Å². The molecule has 326 valence electrons. The van der Waals surface area contributed by atoms with Crippen LogP contribution in [0.2, 0.25) is 0 Å². The highest BCUT2D eigenvalue weighted by Crippen LogP contribution is 2.14. The van der Waals surface area contributed by atoms with Crippen molar-refractivity contribution in [2.24, 2.45) is 0 Å². The molecule has 0 N–H and O–H groups in total. The van der Waals surface area contributed by atoms with E-state index in [1.807, 2.05) is 0 Å². The molecule has 0 radical (unpaired) electrons. The molecule has 0 bridgehead atoms. The number of unbranched alkanes of at least 4 members (excludes halogenated alkanes) is 27. The van der Waals surface area contributed by atoms with E-state index in [1.165, 1.54) is 128 Å². The second kappa shape index (κ2) is 45.3. The Balaban J connectivity index is 4.38. The lowest BCUT2D eigenvalue weighted by Crippen LogP contribution is -2.30. The van der Waals surface area contributed by atoms with Crippen molar-refractivity contribution < 1.29 is 28.6 Å². The Kier molecular flexibility index (Phi) is 43.4. The summed E-state index contributed by atoms with van der Waals surface area (Å²) in [5.74, 6) is -0.895. The van der Waals surface area contributed by atoms with Crippen LogP contribution in [0.1, 0.15) is 245 Å². The molecule has 1 unspecified atom stereocenters. The standard InChI is InChI=1S/C50H90O6/c1-4-7-10-13-16-19-22-24-25-26-29-31-34-37-40-43-49(52)55-46-47(45-54-48(51)42-39-36-33-30-27-21-18-15-12-9-6-3)56-50(53)44-41-38-35-32-28-23-20-17-14-11-8-5-2/h16-17,19-20,22,24,47H,4-15,18,21,23,25-46H2,1-3H3/b19-16-,20-17-,24-22-. The predicted molar refractivity (Wildman–Crippen MR) is 238 cm³/mol. The first-order valence-electron chi connectivity index (χ1n) is 24.0. The zero-order valence-corrected chi connectivity index (χ0v) is 37.2. The average molecular weight is 787 g/mol. The molecule has 0 aromatic heterocycles. The van der Waals surface area contributed by atoms with Crippen LogP contribution < -0.4 is 0 Å². The highest BCUT2D eigenvalue weighted by Gasteiger charge is 2.19. The monoisotopic (exact) mass is 787 g/mol. The Morgan fingerprint density at radius 2 is 0.643 bits per heavy atom. The first-order valence-corrected chi connectivity index (χ1v) is 24.0. The van der Waals surface area contributed by atoms with Gasteiger partial charge in [0.05, 0.1) is 0 Å². The molecule has 0 heterocycles. The molecule has 0 aromatic rings. The van der Waals surface area contributed by atoms with Crippen molar-refractivity contribution in [3.8, 4) is 0 Å². The molecule has 0 amide bonds. The minimum Gasteiger partial charge on any atom is -0.462 e. The van der Waals surface area contributed by atoms with E-state index < -0.39 is 6.10 Å². The minimum absolute atomic E-state index is 0.0771. The molecule has 0 aromatic carbocycles. The van der Waals surface area contributed by atoms with Crippen molar-refractivity contribution in [1.29, 1.82) is 0 Å². The van der Waals surface area contributed by atoms with Crippen LogP contribution in [0.4, 0.5) is 0 Å². The lowest BCUT2D eigenvalue weighted by atomic mass is 10.1. The van der Waals surface area contributed by atoms with Crippen molar-refractivity contribution in [2.45, 2.75) is 252 Å². The fraction of sp³-hybridized carbons (Fsp3) is 0.820. The van der Waals surface area contributed by atoms with Gasteiger partial charge in [0, 0.05) is 19.3 Å². The van der Waals surface area contributed by atoms with Gasteiger partial charge in [0.25, 0.3) is 0 Å². The third-order valence-electron chi connectivity index (χ3n) is 10.4. The molecule has 6 heteroatoms. The SMILES string of the molecule is CCCCC/C=C\C=C/CCCCCCCCC(=O)OCC(COC(=O)CCCCCCCCCCCCC)OC(=O)CCCCCCC/C=C\CCCCC. The first kappa shape index (κ1) is 53.6. The predicted octanol–water partition coefficient (Wildman–Crippen LogP) is 15.4. The highest BCUT2D eigenvalue weighted by molar-refractivity contribution is 5.71. The number of hydrogen-bond acceptors (Lipinski definition) is 6. The van der Waals surface area contributed by atoms with Gasteiger partial charge in [0.1, 0.15) is 13.2 Å². The third kappa shape index (κ3) is 42.8. The van der Waals surface area contributed by atoms with E-state index in [-0.39, 0.29) is 31.1 Å². The Labute approximate surface area is 346 Å². The molecule has 0 fully saturated rings. The van der Waals surface area contributed by atoms with Gasteiger partial charge in [-0.3, -0.25) is 14.4 Å². The summed E-state index contributed by atoms with van der Waals surface area (Å²) in [6.45, 7) is 6.56. The Morgan fingerprint density at radius 3 is 1.04 bits per heavy atom. The van der Waals surface area contributed by atoms with Gasteiger partial charge in [-0.25, -0.2) is 0 Å². The topological polar surface area (TPSA) is 78.9 Å². The number of carbonyl (C=O) groups excluding carboxylic acids is 3. The van der Waals surface area contributed by atoms with Gasteiger partial charge in [-0.05, 0) is 70.6 Å². The van der Waals surface area contributed by atoms with E-state index in [2.05, 4.69) is 57.2 Å². The summed E-state index contributed by atoms with van der Waals surface area (Å²) in [5, 5.41) is 0. The maximum atomic E-state index is 12.7. The van der Waals surface area contributed by atoms with Gasteiger partial charge >= 0.3 is 17.9 Å². The van der Waals surface area contributed by atoms with Gasteiger partial charge in [-0.1, -0.05) is 192 Å². The molecule has 0 rings (SSSR count). The van der Waals surface area contributed by atoms with E-state index in [1.54, 1.807) is 0 Å². The molecular formula is C50H90O6. The Bertz CT molecular complexity index is 953. The van der Waals surface area contributed by atoms with Crippen LogP contribution in [0.5, 0.6) is 0 Å². The summed E-state index contributed by atoms with van der Waals surface area (Å²) in [6, 6.07) is 0. The largest absolute Gasteiger partial charge is 0.462 e. The number of allylic oxidation sites excluding steroid dienone is 6. The van der Waals surface area contributed by atoms with Crippen molar-refractivity contribution in [3.63, 3.8) is 0 Å². The summed E-state index contributed by atoms with van der Waals surface area (Å²) in [4.78, 5) is 37.8. The molecule has 0 saturated carbocycles. The van der Waals surface area contributed by atoms with Crippen LogP contribution >= 0.6 is 0 Å². The normalized spacial score (nSPS) is 12.3. The Hall–Kier alpha value is -2.37. The second-order valence-electron chi connectivity index (χ2n) is 16.0. The molecule has 0 aliphatic heterocycles. The number of hydrogen-bond donors (Lipinski definition) is 0. The molecule has 0 aliphatic carbocycles. The molecule has 0 saturated heterocycles. The van der Waals surface area contributed by atoms with E-state index >= 15 is 0 Å². The zero-order valence-electron chi connectivity index (χ0n) is 37.2. The third-order valence-corrected chi connectivity index (χ3v) is 10.4. The first-order chi connectivity index (χ1) is 27.5. The summed E-state index contributed by atoms with van der Waals surface area (Å²) in [5.41, 5.74) is 0. The molecule has 56 heavy (non-hydrogen) atoms. The van der Waals surface area contributed by atoms with Crippen molar-refractivity contribution in [3.05, 3.63) is 36.5 Å². The number of ether oxygens (including phenoxy) is 3. The molecule has 1 atom stereocenters. The number of rotatable bonds is 43. The van der Waals surface area contributed by atoms with Crippen LogP contribution in [0, 0.1) is 0 Å². The van der Waals surface area contributed by atoms with Crippen LogP contribution in [0.25, 0.3) is 0 Å². The molecule has 0 aliphatic rings. The van der Waals surface area contributed by atoms with Gasteiger partial charge in [0.15, 0.2) is 6.10 Å². The number of carbonyl (C=O) groups is 3. The van der Waals surface area contributed by atoms with Crippen LogP contribution in [0.15, 0.2) is 36.5 Å². The number of esters is 3. The van der Waals surface area contributed by atoms with Gasteiger partial charge in [0.2, 0.25) is 0 Å². The molecular weight excluding hydrogens is 697 g/mol. The lowest BCUT2D eigenvalue weighted by Gasteiger charge is -2.18. The molecule has 6 nitrogen and oxygen atoms in total. The van der Waals surface area contributed by atoms with Gasteiger partial charge in [-0.15, -0.1) is 0 Å². The minimum atomic E-state index is -0.776. The fourth-order valence-corrected chi connectivity index (χ4v) is 6.72.